The molecular weight excluding hydrogens is 192 g/mol. The number of hydrogen-bond donors (Lipinski definition) is 2. The molecule has 2 aliphatic heterocycles. The molecular formula is C4H4O5S2. The van der Waals surface area contributed by atoms with E-state index in [0.717, 1.165) is 0 Å². The molecule has 2 aliphatic rings. The lowest BCUT2D eigenvalue weighted by Crippen LogP contribution is -2.17. The van der Waals surface area contributed by atoms with Crippen LogP contribution in [0.3, 0.4) is 0 Å². The molecule has 0 bridgehead atoms. The average Bonchev–Trinajstić information content (AvgIpc) is 2.07. The molecule has 0 aromatic carbocycles. The topological polar surface area (TPSA) is 76.0 Å². The summed E-state index contributed by atoms with van der Waals surface area (Å²) >= 11 is -1.73. The van der Waals surface area contributed by atoms with Crippen LogP contribution in [0, 0.1) is 0 Å². The Morgan fingerprint density at radius 3 is 2.09 bits per heavy atom. The third-order valence-electron chi connectivity index (χ3n) is 1.14. The van der Waals surface area contributed by atoms with Crippen molar-refractivity contribution in [2.45, 2.75) is 0 Å². The highest BCUT2D eigenvalue weighted by molar-refractivity contribution is 8.40. The van der Waals surface area contributed by atoms with Crippen LogP contribution < -0.4 is 0 Å². The van der Waals surface area contributed by atoms with Crippen LogP contribution in [0.4, 0.5) is 0 Å². The first-order chi connectivity index (χ1) is 5.11. The summed E-state index contributed by atoms with van der Waals surface area (Å²) in [6.45, 7) is 0. The first-order valence-electron chi connectivity index (χ1n) is 2.58. The molecule has 1 saturated heterocycles. The van der Waals surface area contributed by atoms with Crippen LogP contribution in [-0.4, -0.2) is 14.4 Å². The Bertz CT molecular complexity index is 265. The van der Waals surface area contributed by atoms with Crippen molar-refractivity contribution in [1.82, 2.24) is 0 Å². The number of aliphatic hydroxyl groups is 2. The first-order valence-corrected chi connectivity index (χ1v) is 5.19. The fourth-order valence-corrected chi connectivity index (χ4v) is 3.71. The van der Waals surface area contributed by atoms with E-state index in [4.69, 9.17) is 10.2 Å². The molecule has 62 valence electrons. The second kappa shape index (κ2) is 2.01. The van der Waals surface area contributed by atoms with Gasteiger partial charge in [0.2, 0.25) is 0 Å². The van der Waals surface area contributed by atoms with Gasteiger partial charge in [0.05, 0.1) is 10.8 Å². The van der Waals surface area contributed by atoms with E-state index in [-0.39, 0.29) is 11.5 Å². The lowest BCUT2D eigenvalue weighted by atomic mass is 10.5. The van der Waals surface area contributed by atoms with Crippen molar-refractivity contribution < 1.29 is 21.7 Å². The molecule has 0 aromatic rings. The predicted octanol–water partition coefficient (Wildman–Crippen LogP) is 1.06. The molecule has 1 fully saturated rings. The normalized spacial score (nSPS) is 30.9. The highest BCUT2D eigenvalue weighted by Crippen LogP contribution is 2.66. The lowest BCUT2D eigenvalue weighted by Gasteiger charge is -2.38. The third kappa shape index (κ3) is 0.968. The summed E-state index contributed by atoms with van der Waals surface area (Å²) in [6, 6.07) is 0. The number of hydrogen-bond acceptors (Lipinski definition) is 5. The molecule has 0 unspecified atom stereocenters. The second-order valence-corrected chi connectivity index (χ2v) is 5.08. The van der Waals surface area contributed by atoms with Crippen molar-refractivity contribution in [3.8, 4) is 0 Å². The fourth-order valence-electron chi connectivity index (χ4n) is 0.723. The van der Waals surface area contributed by atoms with Gasteiger partial charge in [-0.25, -0.2) is 0 Å². The van der Waals surface area contributed by atoms with Crippen molar-refractivity contribution >= 4 is 22.0 Å². The Balaban J connectivity index is 2.28. The van der Waals surface area contributed by atoms with Gasteiger partial charge < -0.3 is 10.2 Å². The smallest absolute Gasteiger partial charge is 0.346 e. The maximum absolute atomic E-state index is 10.3. The van der Waals surface area contributed by atoms with Crippen LogP contribution in [0.25, 0.3) is 0 Å². The molecule has 0 aliphatic carbocycles. The number of aliphatic hydroxyl groups excluding tert-OH is 2. The SMILES string of the molecule is O=S1OS2(C=C(O)C(O)=C2)O1. The zero-order chi connectivity index (χ0) is 8.06. The number of rotatable bonds is 0. The van der Waals surface area contributed by atoms with Gasteiger partial charge in [0.15, 0.2) is 11.5 Å². The van der Waals surface area contributed by atoms with Gasteiger partial charge in [-0.2, -0.15) is 4.21 Å². The Morgan fingerprint density at radius 2 is 1.73 bits per heavy atom. The molecule has 0 atom stereocenters. The van der Waals surface area contributed by atoms with Crippen molar-refractivity contribution in [2.75, 3.05) is 0 Å². The molecule has 2 N–H and O–H groups in total. The Morgan fingerprint density at radius 1 is 1.27 bits per heavy atom. The van der Waals surface area contributed by atoms with E-state index < -0.39 is 22.0 Å². The van der Waals surface area contributed by atoms with E-state index in [2.05, 4.69) is 7.26 Å². The highest BCUT2D eigenvalue weighted by Gasteiger charge is 2.40. The summed E-state index contributed by atoms with van der Waals surface area (Å²) in [5, 5.41) is 20.2. The Kier molecular flexibility index (Phi) is 1.31. The summed E-state index contributed by atoms with van der Waals surface area (Å²) < 4.78 is 19.7. The fraction of sp³-hybridized carbons (Fsp3) is 0. The molecule has 2 heterocycles. The molecule has 2 rings (SSSR count). The van der Waals surface area contributed by atoms with E-state index in [9.17, 15) is 4.21 Å². The largest absolute Gasteiger partial charge is 0.503 e. The van der Waals surface area contributed by atoms with E-state index in [1.54, 1.807) is 0 Å². The van der Waals surface area contributed by atoms with E-state index in [1.165, 1.54) is 10.8 Å². The van der Waals surface area contributed by atoms with Crippen LogP contribution in [0.15, 0.2) is 22.3 Å². The summed E-state index contributed by atoms with van der Waals surface area (Å²) in [5.41, 5.74) is 0. The maximum atomic E-state index is 10.3. The molecule has 11 heavy (non-hydrogen) atoms. The molecule has 0 saturated carbocycles. The van der Waals surface area contributed by atoms with Gasteiger partial charge in [0.1, 0.15) is 0 Å². The maximum Gasteiger partial charge on any atom is 0.346 e. The minimum atomic E-state index is -2.13. The van der Waals surface area contributed by atoms with Crippen molar-refractivity contribution in [3.05, 3.63) is 22.3 Å². The standard InChI is InChI=1S/C4H4O5S2/c5-3-1-11(2-4(3)6)8-10(7)9-11/h1-2,5-6H. The van der Waals surface area contributed by atoms with Gasteiger partial charge in [-0.3, -0.25) is 0 Å². The predicted molar refractivity (Wildman–Crippen MR) is 39.3 cm³/mol. The molecule has 0 aromatic heterocycles. The minimum Gasteiger partial charge on any atom is -0.503 e. The van der Waals surface area contributed by atoms with Crippen LogP contribution in [0.5, 0.6) is 0 Å². The molecule has 1 spiro atoms. The van der Waals surface area contributed by atoms with E-state index in [0.29, 0.717) is 0 Å². The van der Waals surface area contributed by atoms with Crippen molar-refractivity contribution in [1.29, 1.82) is 0 Å². The molecule has 0 amide bonds. The Labute approximate surface area is 66.5 Å². The zero-order valence-electron chi connectivity index (χ0n) is 5.09. The molecule has 0 radical (unpaired) electrons. The van der Waals surface area contributed by atoms with Gasteiger partial charge in [-0.15, -0.1) is 17.8 Å². The summed E-state index contributed by atoms with van der Waals surface area (Å²) in [7, 11) is -2.13. The quantitative estimate of drug-likeness (QED) is 0.605. The summed E-state index contributed by atoms with van der Waals surface area (Å²) in [5.74, 6) is -0.589. The van der Waals surface area contributed by atoms with E-state index >= 15 is 0 Å². The van der Waals surface area contributed by atoms with Crippen molar-refractivity contribution in [3.63, 3.8) is 0 Å². The van der Waals surface area contributed by atoms with E-state index in [1.807, 2.05) is 0 Å². The van der Waals surface area contributed by atoms with Gasteiger partial charge in [0.25, 0.3) is 0 Å². The summed E-state index contributed by atoms with van der Waals surface area (Å²) in [6.07, 6.45) is 0. The van der Waals surface area contributed by atoms with Crippen LogP contribution in [-0.2, 0) is 18.6 Å². The molecule has 7 heteroatoms. The second-order valence-electron chi connectivity index (χ2n) is 1.94. The Hall–Kier alpha value is -0.500. The third-order valence-corrected chi connectivity index (χ3v) is 4.83. The van der Waals surface area contributed by atoms with Gasteiger partial charge in [0, 0.05) is 0 Å². The van der Waals surface area contributed by atoms with Crippen LogP contribution in [0.1, 0.15) is 0 Å². The summed E-state index contributed by atoms with van der Waals surface area (Å²) in [4.78, 5) is 0. The lowest BCUT2D eigenvalue weighted by molar-refractivity contribution is 0.330. The van der Waals surface area contributed by atoms with Crippen molar-refractivity contribution in [2.24, 2.45) is 0 Å². The zero-order valence-corrected chi connectivity index (χ0v) is 6.72. The van der Waals surface area contributed by atoms with Crippen LogP contribution in [0.2, 0.25) is 0 Å². The van der Waals surface area contributed by atoms with Gasteiger partial charge in [-0.1, -0.05) is 0 Å². The first kappa shape index (κ1) is 7.17. The minimum absolute atomic E-state index is 0.295. The monoisotopic (exact) mass is 196 g/mol. The van der Waals surface area contributed by atoms with Gasteiger partial charge in [-0.05, 0) is 0 Å². The molecule has 5 nitrogen and oxygen atoms in total. The van der Waals surface area contributed by atoms with Gasteiger partial charge >= 0.3 is 11.4 Å². The van der Waals surface area contributed by atoms with Crippen LogP contribution >= 0.6 is 10.6 Å². The average molecular weight is 196 g/mol. The highest BCUT2D eigenvalue weighted by atomic mass is 32.4.